The zero-order valence-corrected chi connectivity index (χ0v) is 14.2. The van der Waals surface area contributed by atoms with Crippen LogP contribution in [-0.2, 0) is 0 Å². The summed E-state index contributed by atoms with van der Waals surface area (Å²) < 4.78 is 10.8. The number of ether oxygens (including phenoxy) is 2. The Kier molecular flexibility index (Phi) is 5.21. The van der Waals surface area contributed by atoms with Crippen molar-refractivity contribution in [2.75, 3.05) is 45.3 Å². The number of benzene rings is 2. The highest BCUT2D eigenvalue weighted by Crippen LogP contribution is 2.28. The molecule has 0 spiro atoms. The summed E-state index contributed by atoms with van der Waals surface area (Å²) in [5, 5.41) is 6.70. The van der Waals surface area contributed by atoms with Gasteiger partial charge in [0.1, 0.15) is 11.5 Å². The van der Waals surface area contributed by atoms with Gasteiger partial charge in [0.2, 0.25) is 0 Å². The largest absolute Gasteiger partial charge is 0.496 e. The number of rotatable bonds is 5. The maximum Gasteiger partial charge on any atom is 0.142 e. The number of piperazine rings is 1. The van der Waals surface area contributed by atoms with Gasteiger partial charge in [0.15, 0.2) is 0 Å². The highest BCUT2D eigenvalue weighted by molar-refractivity contribution is 5.83. The molecular formula is C19H23N3O2. The standard InChI is InChI=1S/C19H23N3O2/c1-23-18-9-5-3-7-16(18)15-20-22-13-11-21(12-14-22)17-8-4-6-10-19(17)24-2/h3-10,15H,11-14H2,1-2H3/b20-15-. The molecule has 0 amide bonds. The topological polar surface area (TPSA) is 37.3 Å². The van der Waals surface area contributed by atoms with Gasteiger partial charge in [-0.05, 0) is 24.3 Å². The third-order valence-electron chi connectivity index (χ3n) is 4.18. The van der Waals surface area contributed by atoms with Crippen LogP contribution in [0.3, 0.4) is 0 Å². The molecule has 1 fully saturated rings. The average Bonchev–Trinajstić information content (AvgIpc) is 2.67. The summed E-state index contributed by atoms with van der Waals surface area (Å²) in [7, 11) is 3.39. The van der Waals surface area contributed by atoms with Crippen LogP contribution in [0, 0.1) is 0 Å². The van der Waals surface area contributed by atoms with Crippen molar-refractivity contribution in [2.24, 2.45) is 5.10 Å². The molecule has 126 valence electrons. The second-order valence-corrected chi connectivity index (χ2v) is 5.60. The number of hydrogen-bond acceptors (Lipinski definition) is 5. The van der Waals surface area contributed by atoms with Crippen LogP contribution >= 0.6 is 0 Å². The van der Waals surface area contributed by atoms with Crippen molar-refractivity contribution in [1.82, 2.24) is 5.01 Å². The van der Waals surface area contributed by atoms with E-state index >= 15 is 0 Å². The summed E-state index contributed by atoms with van der Waals surface area (Å²) in [6, 6.07) is 16.0. The van der Waals surface area contributed by atoms with E-state index in [2.05, 4.69) is 21.1 Å². The maximum absolute atomic E-state index is 5.46. The third-order valence-corrected chi connectivity index (χ3v) is 4.18. The first-order valence-electron chi connectivity index (χ1n) is 8.11. The molecule has 1 aliphatic rings. The number of anilines is 1. The van der Waals surface area contributed by atoms with Gasteiger partial charge >= 0.3 is 0 Å². The molecule has 0 radical (unpaired) electrons. The van der Waals surface area contributed by atoms with Crippen molar-refractivity contribution < 1.29 is 9.47 Å². The van der Waals surface area contributed by atoms with Crippen LogP contribution in [0.1, 0.15) is 5.56 Å². The predicted molar refractivity (Wildman–Crippen MR) is 97.4 cm³/mol. The number of methoxy groups -OCH3 is 2. The lowest BCUT2D eigenvalue weighted by Gasteiger charge is -2.35. The predicted octanol–water partition coefficient (Wildman–Crippen LogP) is 2.86. The second kappa shape index (κ2) is 7.73. The lowest BCUT2D eigenvalue weighted by Crippen LogP contribution is -2.44. The van der Waals surface area contributed by atoms with Crippen LogP contribution in [-0.4, -0.2) is 51.6 Å². The number of hydrogen-bond donors (Lipinski definition) is 0. The zero-order valence-electron chi connectivity index (χ0n) is 14.2. The van der Waals surface area contributed by atoms with Gasteiger partial charge in [-0.1, -0.05) is 24.3 Å². The number of nitrogens with zero attached hydrogens (tertiary/aromatic N) is 3. The zero-order chi connectivity index (χ0) is 16.8. The summed E-state index contributed by atoms with van der Waals surface area (Å²) in [4.78, 5) is 2.34. The Morgan fingerprint density at radius 3 is 2.17 bits per heavy atom. The van der Waals surface area contributed by atoms with Crippen molar-refractivity contribution in [3.05, 3.63) is 54.1 Å². The van der Waals surface area contributed by atoms with E-state index in [0.717, 1.165) is 48.9 Å². The Balaban J connectivity index is 1.62. The van der Waals surface area contributed by atoms with E-state index in [1.807, 2.05) is 48.7 Å². The monoisotopic (exact) mass is 325 g/mol. The third kappa shape index (κ3) is 3.62. The Bertz CT molecular complexity index is 695. The molecule has 0 atom stereocenters. The summed E-state index contributed by atoms with van der Waals surface area (Å²) in [6.07, 6.45) is 1.87. The Hall–Kier alpha value is -2.69. The Labute approximate surface area is 143 Å². The van der Waals surface area contributed by atoms with Crippen LogP contribution in [0.5, 0.6) is 11.5 Å². The van der Waals surface area contributed by atoms with E-state index in [4.69, 9.17) is 9.47 Å². The fourth-order valence-corrected chi connectivity index (χ4v) is 2.86. The van der Waals surface area contributed by atoms with E-state index in [1.165, 1.54) is 0 Å². The van der Waals surface area contributed by atoms with Crippen molar-refractivity contribution in [3.8, 4) is 11.5 Å². The first kappa shape index (κ1) is 16.2. The smallest absolute Gasteiger partial charge is 0.142 e. The van der Waals surface area contributed by atoms with Crippen LogP contribution in [0.25, 0.3) is 0 Å². The van der Waals surface area contributed by atoms with Crippen molar-refractivity contribution in [3.63, 3.8) is 0 Å². The van der Waals surface area contributed by atoms with Gasteiger partial charge < -0.3 is 14.4 Å². The van der Waals surface area contributed by atoms with E-state index in [9.17, 15) is 0 Å². The van der Waals surface area contributed by atoms with Gasteiger partial charge in [0.25, 0.3) is 0 Å². The quantitative estimate of drug-likeness (QED) is 0.792. The Morgan fingerprint density at radius 2 is 1.46 bits per heavy atom. The van der Waals surface area contributed by atoms with Crippen molar-refractivity contribution in [1.29, 1.82) is 0 Å². The van der Waals surface area contributed by atoms with Crippen LogP contribution in [0.15, 0.2) is 53.6 Å². The molecule has 1 heterocycles. The molecule has 0 saturated carbocycles. The van der Waals surface area contributed by atoms with E-state index in [-0.39, 0.29) is 0 Å². The molecule has 0 N–H and O–H groups in total. The molecular weight excluding hydrogens is 302 g/mol. The molecule has 2 aromatic carbocycles. The Morgan fingerprint density at radius 1 is 0.833 bits per heavy atom. The lowest BCUT2D eigenvalue weighted by molar-refractivity contribution is 0.271. The lowest BCUT2D eigenvalue weighted by atomic mass is 10.2. The highest BCUT2D eigenvalue weighted by atomic mass is 16.5. The van der Waals surface area contributed by atoms with Gasteiger partial charge in [0, 0.05) is 18.7 Å². The maximum atomic E-state index is 5.46. The van der Waals surface area contributed by atoms with Gasteiger partial charge in [-0.2, -0.15) is 5.10 Å². The molecule has 1 aliphatic heterocycles. The van der Waals surface area contributed by atoms with Gasteiger partial charge in [-0.25, -0.2) is 0 Å². The summed E-state index contributed by atoms with van der Waals surface area (Å²) in [5.41, 5.74) is 2.14. The molecule has 0 unspecified atom stereocenters. The molecule has 0 aliphatic carbocycles. The molecule has 5 nitrogen and oxygen atoms in total. The summed E-state index contributed by atoms with van der Waals surface area (Å²) in [6.45, 7) is 3.60. The normalized spacial score (nSPS) is 14.9. The molecule has 2 aromatic rings. The minimum Gasteiger partial charge on any atom is -0.496 e. The van der Waals surface area contributed by atoms with Crippen LogP contribution in [0.4, 0.5) is 5.69 Å². The van der Waals surface area contributed by atoms with E-state index < -0.39 is 0 Å². The summed E-state index contributed by atoms with van der Waals surface area (Å²) in [5.74, 6) is 1.76. The average molecular weight is 325 g/mol. The van der Waals surface area contributed by atoms with Gasteiger partial charge in [-0.3, -0.25) is 5.01 Å². The van der Waals surface area contributed by atoms with Gasteiger partial charge in [0.05, 0.1) is 39.2 Å². The fraction of sp³-hybridized carbons (Fsp3) is 0.316. The van der Waals surface area contributed by atoms with Gasteiger partial charge in [-0.15, -0.1) is 0 Å². The molecule has 24 heavy (non-hydrogen) atoms. The van der Waals surface area contributed by atoms with E-state index in [0.29, 0.717) is 0 Å². The first-order valence-corrected chi connectivity index (χ1v) is 8.11. The number of hydrazone groups is 1. The SMILES string of the molecule is COc1ccccc1/C=N\N1CCN(c2ccccc2OC)CC1. The fourth-order valence-electron chi connectivity index (χ4n) is 2.86. The summed E-state index contributed by atoms with van der Waals surface area (Å²) >= 11 is 0. The first-order chi connectivity index (χ1) is 11.8. The molecule has 0 bridgehead atoms. The molecule has 3 rings (SSSR count). The highest BCUT2D eigenvalue weighted by Gasteiger charge is 2.18. The second-order valence-electron chi connectivity index (χ2n) is 5.60. The van der Waals surface area contributed by atoms with Crippen molar-refractivity contribution in [2.45, 2.75) is 0 Å². The number of para-hydroxylation sites is 3. The van der Waals surface area contributed by atoms with E-state index in [1.54, 1.807) is 14.2 Å². The minimum absolute atomic E-state index is 0.842. The minimum atomic E-state index is 0.842. The van der Waals surface area contributed by atoms with Crippen LogP contribution < -0.4 is 14.4 Å². The molecule has 0 aromatic heterocycles. The van der Waals surface area contributed by atoms with Crippen LogP contribution in [0.2, 0.25) is 0 Å². The van der Waals surface area contributed by atoms with Crippen molar-refractivity contribution >= 4 is 11.9 Å². The molecule has 1 saturated heterocycles. The molecule has 5 heteroatoms.